The highest BCUT2D eigenvalue weighted by Crippen LogP contribution is 2.26. The first kappa shape index (κ1) is 15.5. The van der Waals surface area contributed by atoms with Gasteiger partial charge in [0.15, 0.2) is 0 Å². The van der Waals surface area contributed by atoms with E-state index in [-0.39, 0.29) is 0 Å². The number of nitrogens with one attached hydrogen (secondary N) is 1. The molecule has 20 heavy (non-hydrogen) atoms. The summed E-state index contributed by atoms with van der Waals surface area (Å²) in [7, 11) is 1.74. The molecule has 1 N–H and O–H groups in total. The summed E-state index contributed by atoms with van der Waals surface area (Å²) in [5, 5.41) is 3.49. The minimum Gasteiger partial charge on any atom is -0.383 e. The minimum atomic E-state index is 0.436. The van der Waals surface area contributed by atoms with Crippen molar-refractivity contribution in [2.75, 3.05) is 33.4 Å². The molecule has 0 spiro atoms. The minimum absolute atomic E-state index is 0.436. The molecule has 0 saturated carbocycles. The van der Waals surface area contributed by atoms with Gasteiger partial charge < -0.3 is 14.8 Å². The molecule has 3 nitrogen and oxygen atoms in total. The van der Waals surface area contributed by atoms with Crippen LogP contribution in [0.3, 0.4) is 0 Å². The number of rotatable bonds is 8. The number of hydrogen-bond acceptors (Lipinski definition) is 3. The summed E-state index contributed by atoms with van der Waals surface area (Å²) in [5.74, 6) is 0.524. The fraction of sp³-hybridized carbons (Fsp3) is 0.647. The van der Waals surface area contributed by atoms with Crippen LogP contribution < -0.4 is 5.32 Å². The quantitative estimate of drug-likeness (QED) is 0.741. The van der Waals surface area contributed by atoms with E-state index < -0.39 is 0 Å². The summed E-state index contributed by atoms with van der Waals surface area (Å²) in [4.78, 5) is 0. The molecule has 1 fully saturated rings. The van der Waals surface area contributed by atoms with Gasteiger partial charge in [-0.05, 0) is 37.7 Å². The van der Waals surface area contributed by atoms with E-state index in [9.17, 15) is 0 Å². The highest BCUT2D eigenvalue weighted by Gasteiger charge is 2.21. The zero-order chi connectivity index (χ0) is 14.2. The van der Waals surface area contributed by atoms with Gasteiger partial charge in [0.25, 0.3) is 0 Å². The molecule has 0 amide bonds. The number of ether oxygens (including phenoxy) is 2. The van der Waals surface area contributed by atoms with Crippen molar-refractivity contribution in [3.63, 3.8) is 0 Å². The molecular weight excluding hydrogens is 250 g/mol. The third-order valence-corrected chi connectivity index (χ3v) is 3.99. The first-order valence-corrected chi connectivity index (χ1v) is 7.67. The van der Waals surface area contributed by atoms with Crippen LogP contribution in [0.2, 0.25) is 0 Å². The first-order chi connectivity index (χ1) is 9.79. The van der Waals surface area contributed by atoms with Gasteiger partial charge >= 0.3 is 0 Å². The molecule has 112 valence electrons. The van der Waals surface area contributed by atoms with Crippen molar-refractivity contribution in [3.05, 3.63) is 35.4 Å². The number of hydrogen-bond donors (Lipinski definition) is 1. The van der Waals surface area contributed by atoms with Crippen LogP contribution >= 0.6 is 0 Å². The van der Waals surface area contributed by atoms with E-state index in [4.69, 9.17) is 9.47 Å². The van der Waals surface area contributed by atoms with Crippen LogP contribution in [0.25, 0.3) is 0 Å². The smallest absolute Gasteiger partial charge is 0.0587 e. The van der Waals surface area contributed by atoms with Gasteiger partial charge in [0, 0.05) is 26.8 Å². The summed E-state index contributed by atoms with van der Waals surface area (Å²) in [6, 6.07) is 8.92. The van der Waals surface area contributed by atoms with Crippen LogP contribution in [0.15, 0.2) is 24.3 Å². The maximum atomic E-state index is 5.80. The SMILES string of the molecule is COCCNCC(CC1CCCO1)c1ccc(C)cc1. The Labute approximate surface area is 122 Å². The van der Waals surface area contributed by atoms with Crippen LogP contribution in [-0.4, -0.2) is 39.5 Å². The molecule has 3 heteroatoms. The standard InChI is InChI=1S/C17H27NO2/c1-14-5-7-15(8-6-14)16(13-18-9-11-19-2)12-17-4-3-10-20-17/h5-8,16-18H,3-4,9-13H2,1-2H3. The largest absolute Gasteiger partial charge is 0.383 e. The predicted octanol–water partition coefficient (Wildman–Crippen LogP) is 2.88. The lowest BCUT2D eigenvalue weighted by Crippen LogP contribution is -2.27. The van der Waals surface area contributed by atoms with Gasteiger partial charge in [-0.3, -0.25) is 0 Å². The molecule has 1 aliphatic heterocycles. The Kier molecular flexibility index (Phi) is 6.51. The molecule has 1 aromatic carbocycles. The fourth-order valence-corrected chi connectivity index (χ4v) is 2.77. The van der Waals surface area contributed by atoms with Crippen molar-refractivity contribution >= 4 is 0 Å². The number of benzene rings is 1. The van der Waals surface area contributed by atoms with Crippen LogP contribution in [-0.2, 0) is 9.47 Å². The van der Waals surface area contributed by atoms with Crippen LogP contribution in [0.1, 0.15) is 36.3 Å². The molecule has 2 unspecified atom stereocenters. The van der Waals surface area contributed by atoms with E-state index in [0.717, 1.165) is 32.7 Å². The molecule has 1 saturated heterocycles. The predicted molar refractivity (Wildman–Crippen MR) is 82.3 cm³/mol. The zero-order valence-corrected chi connectivity index (χ0v) is 12.7. The van der Waals surface area contributed by atoms with Gasteiger partial charge in [0.2, 0.25) is 0 Å². The second kappa shape index (κ2) is 8.40. The highest BCUT2D eigenvalue weighted by atomic mass is 16.5. The Morgan fingerprint density at radius 1 is 1.35 bits per heavy atom. The molecule has 2 rings (SSSR count). The van der Waals surface area contributed by atoms with E-state index in [1.54, 1.807) is 7.11 Å². The molecular formula is C17H27NO2. The lowest BCUT2D eigenvalue weighted by atomic mass is 9.91. The average Bonchev–Trinajstić information content (AvgIpc) is 2.96. The second-order valence-corrected chi connectivity index (χ2v) is 5.68. The molecule has 0 aromatic heterocycles. The van der Waals surface area contributed by atoms with Crippen LogP contribution in [0.4, 0.5) is 0 Å². The molecule has 1 aliphatic rings. The van der Waals surface area contributed by atoms with E-state index in [2.05, 4.69) is 36.5 Å². The normalized spacial score (nSPS) is 20.2. The van der Waals surface area contributed by atoms with Crippen molar-refractivity contribution in [2.45, 2.75) is 38.2 Å². The van der Waals surface area contributed by atoms with Crippen LogP contribution in [0.5, 0.6) is 0 Å². The Hall–Kier alpha value is -0.900. The van der Waals surface area contributed by atoms with E-state index in [0.29, 0.717) is 12.0 Å². The molecule has 0 bridgehead atoms. The summed E-state index contributed by atoms with van der Waals surface area (Å²) < 4.78 is 10.9. The van der Waals surface area contributed by atoms with E-state index in [1.165, 1.54) is 24.0 Å². The zero-order valence-electron chi connectivity index (χ0n) is 12.7. The van der Waals surface area contributed by atoms with Crippen molar-refractivity contribution in [2.24, 2.45) is 0 Å². The molecule has 2 atom stereocenters. The Balaban J connectivity index is 1.92. The monoisotopic (exact) mass is 277 g/mol. The van der Waals surface area contributed by atoms with Crippen LogP contribution in [0, 0.1) is 6.92 Å². The molecule has 1 heterocycles. The van der Waals surface area contributed by atoms with Gasteiger partial charge in [-0.2, -0.15) is 0 Å². The molecule has 0 aliphatic carbocycles. The van der Waals surface area contributed by atoms with Gasteiger partial charge in [-0.1, -0.05) is 29.8 Å². The summed E-state index contributed by atoms with van der Waals surface area (Å²) in [6.07, 6.45) is 3.97. The van der Waals surface area contributed by atoms with Gasteiger partial charge in [-0.25, -0.2) is 0 Å². The summed E-state index contributed by atoms with van der Waals surface area (Å²) >= 11 is 0. The van der Waals surface area contributed by atoms with Crippen molar-refractivity contribution in [3.8, 4) is 0 Å². The maximum Gasteiger partial charge on any atom is 0.0587 e. The van der Waals surface area contributed by atoms with Crippen molar-refractivity contribution in [1.82, 2.24) is 5.32 Å². The summed E-state index contributed by atoms with van der Waals surface area (Å²) in [6.45, 7) is 5.73. The van der Waals surface area contributed by atoms with Gasteiger partial charge in [-0.15, -0.1) is 0 Å². The third kappa shape index (κ3) is 4.89. The lowest BCUT2D eigenvalue weighted by Gasteiger charge is -2.21. The second-order valence-electron chi connectivity index (χ2n) is 5.68. The maximum absolute atomic E-state index is 5.80. The summed E-state index contributed by atoms with van der Waals surface area (Å²) in [5.41, 5.74) is 2.73. The van der Waals surface area contributed by atoms with E-state index >= 15 is 0 Å². The highest BCUT2D eigenvalue weighted by molar-refractivity contribution is 5.25. The topological polar surface area (TPSA) is 30.5 Å². The van der Waals surface area contributed by atoms with Gasteiger partial charge in [0.05, 0.1) is 12.7 Å². The van der Waals surface area contributed by atoms with E-state index in [1.807, 2.05) is 0 Å². The average molecular weight is 277 g/mol. The fourth-order valence-electron chi connectivity index (χ4n) is 2.77. The number of methoxy groups -OCH3 is 1. The Bertz CT molecular complexity index is 371. The first-order valence-electron chi connectivity index (χ1n) is 7.67. The van der Waals surface area contributed by atoms with Gasteiger partial charge in [0.1, 0.15) is 0 Å². The Morgan fingerprint density at radius 3 is 2.80 bits per heavy atom. The Morgan fingerprint density at radius 2 is 2.15 bits per heavy atom. The molecule has 0 radical (unpaired) electrons. The number of aryl methyl sites for hydroxylation is 1. The van der Waals surface area contributed by atoms with Crippen molar-refractivity contribution in [1.29, 1.82) is 0 Å². The third-order valence-electron chi connectivity index (χ3n) is 3.99. The van der Waals surface area contributed by atoms with Crippen molar-refractivity contribution < 1.29 is 9.47 Å². The lowest BCUT2D eigenvalue weighted by molar-refractivity contribution is 0.0974. The molecule has 1 aromatic rings.